The average molecular weight is 311 g/mol. The van der Waals surface area contributed by atoms with Gasteiger partial charge >= 0.3 is 0 Å². The zero-order chi connectivity index (χ0) is 15.2. The summed E-state index contributed by atoms with van der Waals surface area (Å²) in [6.07, 6.45) is 2.26. The summed E-state index contributed by atoms with van der Waals surface area (Å²) in [6.45, 7) is 6.60. The van der Waals surface area contributed by atoms with Crippen LogP contribution in [0.4, 0.5) is 5.69 Å². The van der Waals surface area contributed by atoms with Crippen molar-refractivity contribution < 1.29 is 9.63 Å². The number of carbonyl (C=O) groups excluding carboxylic acids is 1. The number of benzene rings is 1. The number of halogens is 1. The largest absolute Gasteiger partial charge is 0.371 e. The van der Waals surface area contributed by atoms with Crippen LogP contribution in [0.5, 0.6) is 0 Å². The predicted molar refractivity (Wildman–Crippen MR) is 85.4 cm³/mol. The SMILES string of the molecule is CCN(OC[C@@H]1CCCN(c2cccc(Cl)c2)C1)C(C)=O. The van der Waals surface area contributed by atoms with Crippen molar-refractivity contribution in [2.45, 2.75) is 26.7 Å². The maximum Gasteiger partial charge on any atom is 0.242 e. The molecule has 0 aromatic heterocycles. The standard InChI is InChI=1S/C16H23ClN2O2/c1-3-19(13(2)20)21-12-14-6-5-9-18(11-14)16-8-4-7-15(17)10-16/h4,7-8,10,14H,3,5-6,9,11-12H2,1-2H3/t14-/m1/s1. The van der Waals surface area contributed by atoms with Gasteiger partial charge in [0.25, 0.3) is 0 Å². The molecule has 0 aliphatic carbocycles. The van der Waals surface area contributed by atoms with Gasteiger partial charge in [0.2, 0.25) is 5.91 Å². The Morgan fingerprint density at radius 1 is 1.52 bits per heavy atom. The van der Waals surface area contributed by atoms with E-state index in [-0.39, 0.29) is 5.91 Å². The molecule has 1 fully saturated rings. The van der Waals surface area contributed by atoms with Crippen molar-refractivity contribution in [3.05, 3.63) is 29.3 Å². The Balaban J connectivity index is 1.90. The van der Waals surface area contributed by atoms with Gasteiger partial charge in [0, 0.05) is 43.2 Å². The van der Waals surface area contributed by atoms with E-state index in [2.05, 4.69) is 11.0 Å². The molecule has 1 atom stereocenters. The van der Waals surface area contributed by atoms with Gasteiger partial charge in [-0.05, 0) is 38.0 Å². The quantitative estimate of drug-likeness (QED) is 0.782. The highest BCUT2D eigenvalue weighted by molar-refractivity contribution is 6.30. The number of nitrogens with zero attached hydrogens (tertiary/aromatic N) is 2. The molecule has 0 N–H and O–H groups in total. The number of hydrogen-bond donors (Lipinski definition) is 0. The molecule has 4 nitrogen and oxygen atoms in total. The van der Waals surface area contributed by atoms with E-state index in [0.29, 0.717) is 19.1 Å². The molecule has 0 radical (unpaired) electrons. The van der Waals surface area contributed by atoms with Crippen molar-refractivity contribution in [1.82, 2.24) is 5.06 Å². The fraction of sp³-hybridized carbons (Fsp3) is 0.562. The summed E-state index contributed by atoms with van der Waals surface area (Å²) in [5.74, 6) is 0.395. The average Bonchev–Trinajstić information content (AvgIpc) is 2.48. The molecule has 0 saturated carbocycles. The molecule has 0 unspecified atom stereocenters. The smallest absolute Gasteiger partial charge is 0.242 e. The molecule has 1 amide bonds. The number of carbonyl (C=O) groups is 1. The number of anilines is 1. The van der Waals surface area contributed by atoms with E-state index in [9.17, 15) is 4.79 Å². The molecule has 21 heavy (non-hydrogen) atoms. The normalized spacial score (nSPS) is 18.6. The summed E-state index contributed by atoms with van der Waals surface area (Å²) in [4.78, 5) is 19.3. The number of hydrogen-bond acceptors (Lipinski definition) is 3. The van der Waals surface area contributed by atoms with Crippen molar-refractivity contribution in [3.63, 3.8) is 0 Å². The van der Waals surface area contributed by atoms with E-state index in [0.717, 1.165) is 36.6 Å². The number of amides is 1. The summed E-state index contributed by atoms with van der Waals surface area (Å²) in [5, 5.41) is 2.19. The van der Waals surface area contributed by atoms with Crippen LogP contribution in [0.3, 0.4) is 0 Å². The van der Waals surface area contributed by atoms with E-state index in [1.54, 1.807) is 0 Å². The van der Waals surface area contributed by atoms with E-state index >= 15 is 0 Å². The summed E-state index contributed by atoms with van der Waals surface area (Å²) in [7, 11) is 0. The van der Waals surface area contributed by atoms with Gasteiger partial charge in [0.1, 0.15) is 0 Å². The van der Waals surface area contributed by atoms with Gasteiger partial charge in [0.05, 0.1) is 6.61 Å². The minimum Gasteiger partial charge on any atom is -0.371 e. The van der Waals surface area contributed by atoms with Crippen molar-refractivity contribution in [2.24, 2.45) is 5.92 Å². The van der Waals surface area contributed by atoms with Gasteiger partial charge in [-0.25, -0.2) is 5.06 Å². The molecule has 1 heterocycles. The fourth-order valence-corrected chi connectivity index (χ4v) is 2.89. The van der Waals surface area contributed by atoms with Crippen molar-refractivity contribution >= 4 is 23.2 Å². The summed E-state index contributed by atoms with van der Waals surface area (Å²) >= 11 is 6.06. The van der Waals surface area contributed by atoms with Crippen LogP contribution in [0.15, 0.2) is 24.3 Å². The molecular formula is C16H23ClN2O2. The summed E-state index contributed by atoms with van der Waals surface area (Å²) < 4.78 is 0. The van der Waals surface area contributed by atoms with Crippen LogP contribution in [0.1, 0.15) is 26.7 Å². The minimum atomic E-state index is -0.0417. The fourth-order valence-electron chi connectivity index (χ4n) is 2.71. The third-order valence-electron chi connectivity index (χ3n) is 3.80. The van der Waals surface area contributed by atoms with E-state index < -0.39 is 0 Å². The second kappa shape index (κ2) is 7.66. The summed E-state index contributed by atoms with van der Waals surface area (Å²) in [6, 6.07) is 7.95. The topological polar surface area (TPSA) is 32.8 Å². The zero-order valence-electron chi connectivity index (χ0n) is 12.7. The van der Waals surface area contributed by atoms with Crippen LogP contribution in [0.2, 0.25) is 5.02 Å². The van der Waals surface area contributed by atoms with Crippen LogP contribution in [-0.4, -0.2) is 37.2 Å². The Kier molecular flexibility index (Phi) is 5.88. The first-order chi connectivity index (χ1) is 10.1. The van der Waals surface area contributed by atoms with Crippen LogP contribution in [-0.2, 0) is 9.63 Å². The zero-order valence-corrected chi connectivity index (χ0v) is 13.5. The van der Waals surface area contributed by atoms with Crippen LogP contribution in [0.25, 0.3) is 0 Å². The Morgan fingerprint density at radius 3 is 3.00 bits per heavy atom. The first-order valence-corrected chi connectivity index (χ1v) is 7.89. The lowest BCUT2D eigenvalue weighted by Crippen LogP contribution is -2.39. The molecule has 1 aliphatic heterocycles. The van der Waals surface area contributed by atoms with E-state index in [1.807, 2.05) is 25.1 Å². The molecule has 0 spiro atoms. The Hall–Kier alpha value is -1.26. The molecule has 1 aliphatic rings. The van der Waals surface area contributed by atoms with Gasteiger partial charge in [-0.15, -0.1) is 0 Å². The highest BCUT2D eigenvalue weighted by atomic mass is 35.5. The third-order valence-corrected chi connectivity index (χ3v) is 4.03. The van der Waals surface area contributed by atoms with Gasteiger partial charge in [0.15, 0.2) is 0 Å². The third kappa shape index (κ3) is 4.61. The maximum atomic E-state index is 11.3. The highest BCUT2D eigenvalue weighted by Crippen LogP contribution is 2.25. The van der Waals surface area contributed by atoms with Gasteiger partial charge in [-0.3, -0.25) is 9.63 Å². The molecule has 1 saturated heterocycles. The molecule has 0 bridgehead atoms. The van der Waals surface area contributed by atoms with Gasteiger partial charge in [-0.1, -0.05) is 17.7 Å². The van der Waals surface area contributed by atoms with Crippen molar-refractivity contribution in [2.75, 3.05) is 31.1 Å². The molecule has 116 valence electrons. The highest BCUT2D eigenvalue weighted by Gasteiger charge is 2.22. The molecule has 5 heteroatoms. The maximum absolute atomic E-state index is 11.3. The Labute approximate surface area is 131 Å². The number of piperidine rings is 1. The van der Waals surface area contributed by atoms with Crippen LogP contribution in [0, 0.1) is 5.92 Å². The summed E-state index contributed by atoms with van der Waals surface area (Å²) in [5.41, 5.74) is 1.16. The first kappa shape index (κ1) is 16.1. The number of rotatable bonds is 5. The van der Waals surface area contributed by atoms with Gasteiger partial charge < -0.3 is 4.90 Å². The lowest BCUT2D eigenvalue weighted by Gasteiger charge is -2.35. The van der Waals surface area contributed by atoms with Crippen LogP contribution >= 0.6 is 11.6 Å². The number of hydroxylamine groups is 2. The first-order valence-electron chi connectivity index (χ1n) is 7.51. The second-order valence-electron chi connectivity index (χ2n) is 5.44. The van der Waals surface area contributed by atoms with E-state index in [4.69, 9.17) is 16.4 Å². The van der Waals surface area contributed by atoms with Crippen molar-refractivity contribution in [1.29, 1.82) is 0 Å². The minimum absolute atomic E-state index is 0.0417. The van der Waals surface area contributed by atoms with Gasteiger partial charge in [-0.2, -0.15) is 0 Å². The molecule has 2 rings (SSSR count). The Bertz CT molecular complexity index is 481. The molecular weight excluding hydrogens is 288 g/mol. The monoisotopic (exact) mass is 310 g/mol. The van der Waals surface area contributed by atoms with E-state index in [1.165, 1.54) is 12.0 Å². The lowest BCUT2D eigenvalue weighted by atomic mass is 9.98. The second-order valence-corrected chi connectivity index (χ2v) is 5.88. The molecule has 1 aromatic rings. The predicted octanol–water partition coefficient (Wildman–Crippen LogP) is 3.36. The molecule has 1 aromatic carbocycles. The van der Waals surface area contributed by atoms with Crippen LogP contribution < -0.4 is 4.90 Å². The van der Waals surface area contributed by atoms with Crippen molar-refractivity contribution in [3.8, 4) is 0 Å². The Morgan fingerprint density at radius 2 is 2.33 bits per heavy atom. The lowest BCUT2D eigenvalue weighted by molar-refractivity contribution is -0.187.